The first-order chi connectivity index (χ1) is 12.6. The highest BCUT2D eigenvalue weighted by atomic mass is 19.3. The van der Waals surface area contributed by atoms with Gasteiger partial charge >= 0.3 is 0 Å². The first-order valence-electron chi connectivity index (χ1n) is 9.66. The molecule has 146 valence electrons. The van der Waals surface area contributed by atoms with Gasteiger partial charge < -0.3 is 10.4 Å². The highest BCUT2D eigenvalue weighted by Gasteiger charge is 2.37. The number of benzene rings is 1. The molecule has 0 bridgehead atoms. The van der Waals surface area contributed by atoms with Gasteiger partial charge in [0.25, 0.3) is 5.92 Å². The molecule has 1 heterocycles. The minimum Gasteiger partial charge on any atom is -0.393 e. The van der Waals surface area contributed by atoms with Crippen LogP contribution in [-0.4, -0.2) is 26.9 Å². The van der Waals surface area contributed by atoms with Gasteiger partial charge in [0.2, 0.25) is 0 Å². The molecule has 0 amide bonds. The number of hydrogen-bond donors (Lipinski definition) is 2. The second kappa shape index (κ2) is 6.30. The summed E-state index contributed by atoms with van der Waals surface area (Å²) in [5, 5.41) is 18.0. The minimum absolute atomic E-state index is 0.170. The molecule has 0 unspecified atom stereocenters. The van der Waals surface area contributed by atoms with Crippen LogP contribution >= 0.6 is 0 Å². The third kappa shape index (κ3) is 3.72. The zero-order chi connectivity index (χ0) is 19.4. The molecule has 1 aromatic carbocycles. The van der Waals surface area contributed by atoms with Crippen molar-refractivity contribution in [1.82, 2.24) is 9.78 Å². The third-order valence-corrected chi connectivity index (χ3v) is 5.56. The maximum absolute atomic E-state index is 13.7. The number of aromatic nitrogens is 2. The molecule has 0 saturated heterocycles. The van der Waals surface area contributed by atoms with Gasteiger partial charge in [-0.15, -0.1) is 0 Å². The van der Waals surface area contributed by atoms with Gasteiger partial charge in [0.1, 0.15) is 5.82 Å². The fourth-order valence-electron chi connectivity index (χ4n) is 4.23. The van der Waals surface area contributed by atoms with Crippen molar-refractivity contribution in [2.24, 2.45) is 0 Å². The summed E-state index contributed by atoms with van der Waals surface area (Å²) in [4.78, 5) is 0. The predicted molar refractivity (Wildman–Crippen MR) is 102 cm³/mol. The van der Waals surface area contributed by atoms with E-state index in [-0.39, 0.29) is 30.4 Å². The van der Waals surface area contributed by atoms with Gasteiger partial charge in [-0.05, 0) is 63.3 Å². The fraction of sp³-hybridized carbons (Fsp3) is 0.571. The maximum atomic E-state index is 13.7. The molecular formula is C21H27F2N3O. The average Bonchev–Trinajstić information content (AvgIpc) is 3.22. The summed E-state index contributed by atoms with van der Waals surface area (Å²) in [6.07, 6.45) is 1.89. The third-order valence-electron chi connectivity index (χ3n) is 5.56. The molecule has 2 aliphatic carbocycles. The molecule has 2 atom stereocenters. The van der Waals surface area contributed by atoms with Crippen LogP contribution in [0, 0.1) is 0 Å². The molecule has 4 nitrogen and oxygen atoms in total. The Morgan fingerprint density at radius 3 is 2.56 bits per heavy atom. The molecule has 6 heteroatoms. The zero-order valence-corrected chi connectivity index (χ0v) is 16.1. The Balaban J connectivity index is 1.63. The number of halogens is 2. The van der Waals surface area contributed by atoms with Crippen LogP contribution in [0.25, 0.3) is 0 Å². The van der Waals surface area contributed by atoms with Crippen molar-refractivity contribution >= 4 is 11.5 Å². The van der Waals surface area contributed by atoms with Crippen LogP contribution in [0.4, 0.5) is 20.3 Å². The summed E-state index contributed by atoms with van der Waals surface area (Å²) in [6.45, 7) is 6.26. The van der Waals surface area contributed by atoms with Gasteiger partial charge in [-0.3, -0.25) is 0 Å². The van der Waals surface area contributed by atoms with E-state index in [0.717, 1.165) is 42.0 Å². The van der Waals surface area contributed by atoms with Crippen molar-refractivity contribution in [1.29, 1.82) is 0 Å². The Morgan fingerprint density at radius 2 is 1.89 bits per heavy atom. The Labute approximate surface area is 158 Å². The summed E-state index contributed by atoms with van der Waals surface area (Å²) < 4.78 is 29.3. The summed E-state index contributed by atoms with van der Waals surface area (Å²) in [5.41, 5.74) is 3.01. The van der Waals surface area contributed by atoms with Gasteiger partial charge in [-0.25, -0.2) is 13.5 Å². The van der Waals surface area contributed by atoms with Crippen molar-refractivity contribution in [2.75, 3.05) is 5.32 Å². The molecule has 2 N–H and O–H groups in total. The monoisotopic (exact) mass is 375 g/mol. The van der Waals surface area contributed by atoms with E-state index in [9.17, 15) is 13.9 Å². The van der Waals surface area contributed by atoms with Crippen LogP contribution in [0.15, 0.2) is 24.3 Å². The number of anilines is 2. The Kier molecular flexibility index (Phi) is 4.29. The predicted octanol–water partition coefficient (Wildman–Crippen LogP) is 4.74. The van der Waals surface area contributed by atoms with E-state index in [1.54, 1.807) is 6.07 Å². The number of nitrogens with zero attached hydrogens (tertiary/aromatic N) is 2. The van der Waals surface area contributed by atoms with E-state index < -0.39 is 5.92 Å². The largest absolute Gasteiger partial charge is 0.393 e. The van der Waals surface area contributed by atoms with Crippen molar-refractivity contribution in [3.8, 4) is 0 Å². The lowest BCUT2D eigenvalue weighted by Crippen LogP contribution is -2.24. The standard InChI is InChI=1S/C21H27F2N3O/c1-20(2,3)26-19(10-18(25-26)13-5-7-17(27)9-13)24-16-6-4-14-11-21(22,23)12-15(14)8-16/h4,6,8,10,13,17,24,27H,5,7,9,11-12H2,1-3H3/t13-,17+/m0/s1. The smallest absolute Gasteiger partial charge is 0.256 e. The van der Waals surface area contributed by atoms with Crippen molar-refractivity contribution in [2.45, 2.75) is 76.4 Å². The van der Waals surface area contributed by atoms with Crippen LogP contribution in [0.1, 0.15) is 62.8 Å². The number of rotatable bonds is 3. The normalized spacial score (nSPS) is 24.2. The lowest BCUT2D eigenvalue weighted by molar-refractivity contribution is 0.0130. The molecule has 1 saturated carbocycles. The van der Waals surface area contributed by atoms with Crippen molar-refractivity contribution in [3.63, 3.8) is 0 Å². The molecule has 1 fully saturated rings. The van der Waals surface area contributed by atoms with E-state index in [0.29, 0.717) is 5.56 Å². The van der Waals surface area contributed by atoms with Gasteiger partial charge in [0.05, 0.1) is 17.3 Å². The van der Waals surface area contributed by atoms with Gasteiger partial charge in [-0.1, -0.05) is 6.07 Å². The van der Waals surface area contributed by atoms with E-state index in [2.05, 4.69) is 26.1 Å². The number of alkyl halides is 2. The van der Waals surface area contributed by atoms with E-state index in [1.807, 2.05) is 22.9 Å². The molecule has 0 radical (unpaired) electrons. The first-order valence-corrected chi connectivity index (χ1v) is 9.66. The van der Waals surface area contributed by atoms with Gasteiger partial charge in [-0.2, -0.15) is 5.10 Å². The molecule has 4 rings (SSSR count). The molecule has 1 aromatic heterocycles. The lowest BCUT2D eigenvalue weighted by atomic mass is 10.0. The van der Waals surface area contributed by atoms with E-state index >= 15 is 0 Å². The topological polar surface area (TPSA) is 50.1 Å². The van der Waals surface area contributed by atoms with Gasteiger partial charge in [0, 0.05) is 30.5 Å². The highest BCUT2D eigenvalue weighted by Crippen LogP contribution is 2.38. The summed E-state index contributed by atoms with van der Waals surface area (Å²) >= 11 is 0. The number of aliphatic hydroxyl groups excluding tert-OH is 1. The van der Waals surface area contributed by atoms with Crippen LogP contribution in [0.5, 0.6) is 0 Å². The molecule has 2 aromatic rings. The van der Waals surface area contributed by atoms with Crippen LogP contribution in [0.2, 0.25) is 0 Å². The van der Waals surface area contributed by atoms with Crippen LogP contribution in [-0.2, 0) is 18.4 Å². The molecular weight excluding hydrogens is 348 g/mol. The molecule has 2 aliphatic rings. The summed E-state index contributed by atoms with van der Waals surface area (Å²) in [5.74, 6) is -1.52. The quantitative estimate of drug-likeness (QED) is 0.814. The van der Waals surface area contributed by atoms with Crippen molar-refractivity contribution < 1.29 is 13.9 Å². The zero-order valence-electron chi connectivity index (χ0n) is 16.1. The molecule has 0 spiro atoms. The Hall–Kier alpha value is -1.95. The highest BCUT2D eigenvalue weighted by molar-refractivity contribution is 5.60. The summed E-state index contributed by atoms with van der Waals surface area (Å²) in [6, 6.07) is 7.52. The van der Waals surface area contributed by atoms with Crippen molar-refractivity contribution in [3.05, 3.63) is 41.1 Å². The second-order valence-corrected chi connectivity index (χ2v) is 9.02. The first kappa shape index (κ1) is 18.4. The Bertz CT molecular complexity index is 854. The second-order valence-electron chi connectivity index (χ2n) is 9.02. The van der Waals surface area contributed by atoms with Crippen LogP contribution in [0.3, 0.4) is 0 Å². The lowest BCUT2D eigenvalue weighted by Gasteiger charge is -2.23. The summed E-state index contributed by atoms with van der Waals surface area (Å²) in [7, 11) is 0. The fourth-order valence-corrected chi connectivity index (χ4v) is 4.23. The van der Waals surface area contributed by atoms with Crippen LogP contribution < -0.4 is 5.32 Å². The van der Waals surface area contributed by atoms with E-state index in [4.69, 9.17) is 5.10 Å². The SMILES string of the molecule is CC(C)(C)n1nc([C@H]2CC[C@@H](O)C2)cc1Nc1ccc2c(c1)CC(F)(F)C2. The maximum Gasteiger partial charge on any atom is 0.256 e. The number of fused-ring (bicyclic) bond motifs is 1. The number of aliphatic hydroxyl groups is 1. The van der Waals surface area contributed by atoms with E-state index in [1.165, 1.54) is 0 Å². The average molecular weight is 375 g/mol. The number of hydrogen-bond acceptors (Lipinski definition) is 3. The molecule has 0 aliphatic heterocycles. The van der Waals surface area contributed by atoms with Gasteiger partial charge in [0.15, 0.2) is 0 Å². The number of nitrogens with one attached hydrogen (secondary N) is 1. The Morgan fingerprint density at radius 1 is 1.15 bits per heavy atom. The molecule has 27 heavy (non-hydrogen) atoms. The minimum atomic E-state index is -2.63.